The zero-order chi connectivity index (χ0) is 3.58. The van der Waals surface area contributed by atoms with Crippen molar-refractivity contribution in [2.75, 3.05) is 0 Å². The summed E-state index contributed by atoms with van der Waals surface area (Å²) in [5, 5.41) is 0. The third kappa shape index (κ3) is 344. The summed E-state index contributed by atoms with van der Waals surface area (Å²) in [5.41, 5.74) is 0. The smallest absolute Gasteiger partial charge is 0.412 e. The molecule has 0 saturated heterocycles. The van der Waals surface area contributed by atoms with Crippen molar-refractivity contribution in [3.8, 4) is 0 Å². The summed E-state index contributed by atoms with van der Waals surface area (Å²) >= 11 is 0. The molecule has 0 aromatic rings. The van der Waals surface area contributed by atoms with Gasteiger partial charge in [0.05, 0.1) is 0 Å². The molecule has 2 radical (unpaired) electrons. The molecule has 0 aliphatic heterocycles. The summed E-state index contributed by atoms with van der Waals surface area (Å²) in [5.74, 6) is 0. The van der Waals surface area contributed by atoms with Gasteiger partial charge in [-0.2, -0.15) is 0 Å². The van der Waals surface area contributed by atoms with Gasteiger partial charge in [0.25, 0.3) is 0 Å². The summed E-state index contributed by atoms with van der Waals surface area (Å²) in [6.07, 6.45) is 0. The number of hydrogen-bond acceptors (Lipinski definition) is 1. The SMILES string of the molecule is O.O.O.O.O.O=[P+](O)O.[Na].[Na]. The van der Waals surface area contributed by atoms with E-state index < -0.39 is 8.25 Å². The third-order valence-corrected chi connectivity index (χ3v) is 0. The van der Waals surface area contributed by atoms with Crippen LogP contribution < -0.4 is 0 Å². The van der Waals surface area contributed by atoms with E-state index in [4.69, 9.17) is 14.4 Å². The summed E-state index contributed by atoms with van der Waals surface area (Å²) in [6, 6.07) is 0. The fourth-order valence-electron chi connectivity index (χ4n) is 0. The summed E-state index contributed by atoms with van der Waals surface area (Å²) in [6.45, 7) is 0. The first-order valence-electron chi connectivity index (χ1n) is 0.583. The molecule has 0 aliphatic carbocycles. The second-order valence-corrected chi connectivity index (χ2v) is 0.758. The first-order chi connectivity index (χ1) is 1.73. The molecule has 0 aromatic carbocycles. The van der Waals surface area contributed by atoms with Crippen LogP contribution in [0.4, 0.5) is 0 Å². The van der Waals surface area contributed by atoms with Crippen molar-refractivity contribution in [2.24, 2.45) is 0 Å². The van der Waals surface area contributed by atoms with Crippen LogP contribution in [0.1, 0.15) is 0 Å². The van der Waals surface area contributed by atoms with Crippen molar-refractivity contribution in [1.29, 1.82) is 0 Å². The molecule has 0 spiro atoms. The van der Waals surface area contributed by atoms with Gasteiger partial charge in [-0.3, -0.25) is 0 Å². The monoisotopic (exact) mass is 217 g/mol. The zero-order valence-electron chi connectivity index (χ0n) is 6.25. The molecule has 0 saturated carbocycles. The molecule has 0 unspecified atom stereocenters. The van der Waals surface area contributed by atoms with E-state index in [0.717, 1.165) is 0 Å². The Morgan fingerprint density at radius 2 is 0.727 bits per heavy atom. The van der Waals surface area contributed by atoms with Crippen LogP contribution in [0.25, 0.3) is 0 Å². The Bertz CT molecular complexity index is 35.1. The Morgan fingerprint density at radius 3 is 0.727 bits per heavy atom. The minimum absolute atomic E-state index is 0. The van der Waals surface area contributed by atoms with Crippen LogP contribution in [0.15, 0.2) is 0 Å². The number of rotatable bonds is 0. The first kappa shape index (κ1) is 77.1. The predicted octanol–water partition coefficient (Wildman–Crippen LogP) is -5.26. The van der Waals surface area contributed by atoms with Gasteiger partial charge in [0, 0.05) is 63.7 Å². The molecule has 0 rings (SSSR count). The molecule has 0 heterocycles. The van der Waals surface area contributed by atoms with Crippen LogP contribution >= 0.6 is 8.25 Å². The van der Waals surface area contributed by atoms with Crippen molar-refractivity contribution in [2.45, 2.75) is 0 Å². The van der Waals surface area contributed by atoms with E-state index in [-0.39, 0.29) is 86.5 Å². The topological polar surface area (TPSA) is 215 Å². The molecule has 0 aliphatic rings. The largest absolute Gasteiger partial charge is 0.692 e. The molecule has 0 bridgehead atoms. The molecular weight excluding hydrogens is 205 g/mol. The normalized spacial score (nSPS) is 2.36. The predicted molar refractivity (Wildman–Crippen MR) is 41.6 cm³/mol. The van der Waals surface area contributed by atoms with Crippen LogP contribution in [-0.2, 0) is 4.57 Å². The maximum absolute atomic E-state index is 8.70. The Kier molecular flexibility index (Phi) is 417. The molecule has 0 atom stereocenters. The van der Waals surface area contributed by atoms with E-state index in [1.165, 1.54) is 0 Å². The van der Waals surface area contributed by atoms with Crippen LogP contribution in [0.3, 0.4) is 0 Å². The first-order valence-corrected chi connectivity index (χ1v) is 1.75. The second kappa shape index (κ2) is 59.6. The van der Waals surface area contributed by atoms with Gasteiger partial charge >= 0.3 is 8.25 Å². The molecule has 0 aromatic heterocycles. The minimum Gasteiger partial charge on any atom is -0.412 e. The summed E-state index contributed by atoms with van der Waals surface area (Å²) in [4.78, 5) is 14.2. The number of hydrogen-bond donors (Lipinski definition) is 2. The second-order valence-electron chi connectivity index (χ2n) is 0.253. The van der Waals surface area contributed by atoms with Gasteiger partial charge in [-0.15, -0.1) is 9.79 Å². The molecule has 8 nitrogen and oxygen atoms in total. The van der Waals surface area contributed by atoms with Gasteiger partial charge in [-0.25, -0.2) is 0 Å². The van der Waals surface area contributed by atoms with Crippen LogP contribution in [0.5, 0.6) is 0 Å². The van der Waals surface area contributed by atoms with E-state index in [1.807, 2.05) is 0 Å². The molecule has 11 heteroatoms. The Balaban J connectivity index is -0.00000000214. The van der Waals surface area contributed by atoms with Crippen LogP contribution in [0.2, 0.25) is 0 Å². The summed E-state index contributed by atoms with van der Waals surface area (Å²) < 4.78 is 8.70. The standard InChI is InChI=1S/2Na.HO3P.5H2O/c;;1-4(2)3;;;;;/h;;(H-,1,2,3);5*1H2/p+1. The Morgan fingerprint density at radius 1 is 0.727 bits per heavy atom. The zero-order valence-corrected chi connectivity index (χ0v) is 11.1. The van der Waals surface area contributed by atoms with Crippen molar-refractivity contribution in [3.63, 3.8) is 0 Å². The maximum Gasteiger partial charge on any atom is 0.692 e. The molecule has 0 amide bonds. The molecule has 0 fully saturated rings. The van der Waals surface area contributed by atoms with Crippen molar-refractivity contribution < 1.29 is 41.7 Å². The fourth-order valence-corrected chi connectivity index (χ4v) is 0. The maximum atomic E-state index is 8.70. The van der Waals surface area contributed by atoms with Crippen LogP contribution in [0, 0.1) is 0 Å². The molecule has 12 N–H and O–H groups in total. The molecular formula is H12Na2O8P+. The van der Waals surface area contributed by atoms with Crippen LogP contribution in [-0.4, -0.2) is 96.3 Å². The average molecular weight is 217 g/mol. The van der Waals surface area contributed by atoms with Gasteiger partial charge in [-0.05, 0) is 0 Å². The quantitative estimate of drug-likeness (QED) is 0.300. The van der Waals surface area contributed by atoms with E-state index in [1.54, 1.807) is 0 Å². The third-order valence-electron chi connectivity index (χ3n) is 0. The molecule has 11 heavy (non-hydrogen) atoms. The van der Waals surface area contributed by atoms with E-state index >= 15 is 0 Å². The van der Waals surface area contributed by atoms with Gasteiger partial charge in [0.1, 0.15) is 0 Å². The van der Waals surface area contributed by atoms with Crippen molar-refractivity contribution >= 4 is 67.4 Å². The van der Waals surface area contributed by atoms with Crippen molar-refractivity contribution in [1.82, 2.24) is 0 Å². The van der Waals surface area contributed by atoms with Crippen molar-refractivity contribution in [3.05, 3.63) is 0 Å². The average Bonchev–Trinajstić information content (AvgIpc) is 0.811. The Hall–Kier alpha value is 1.82. The van der Waals surface area contributed by atoms with E-state index in [0.29, 0.717) is 0 Å². The summed E-state index contributed by atoms with van der Waals surface area (Å²) in [7, 11) is -2.87. The van der Waals surface area contributed by atoms with E-state index in [9.17, 15) is 0 Å². The van der Waals surface area contributed by atoms with Gasteiger partial charge < -0.3 is 27.4 Å². The van der Waals surface area contributed by atoms with E-state index in [2.05, 4.69) is 0 Å². The molecule has 66 valence electrons. The van der Waals surface area contributed by atoms with Gasteiger partial charge in [0.15, 0.2) is 0 Å². The fraction of sp³-hybridized carbons (Fsp3) is 0. The Labute approximate surface area is 108 Å². The van der Waals surface area contributed by atoms with Gasteiger partial charge in [-0.1, -0.05) is 0 Å². The van der Waals surface area contributed by atoms with Gasteiger partial charge in [0.2, 0.25) is 0 Å². The minimum atomic E-state index is -2.87.